The predicted octanol–water partition coefficient (Wildman–Crippen LogP) is -0.494. The molecule has 0 aromatic carbocycles. The van der Waals surface area contributed by atoms with Crippen LogP contribution in [0.4, 0.5) is 0 Å². The SMILES string of the molecule is C[C@@H](O)[C@H](NC(=O)C1CCCCO1)C(=O)O. The topological polar surface area (TPSA) is 95.9 Å². The molecule has 1 amide bonds. The van der Waals surface area contributed by atoms with E-state index in [1.54, 1.807) is 0 Å². The number of carbonyl (C=O) groups is 2. The van der Waals surface area contributed by atoms with E-state index in [9.17, 15) is 14.7 Å². The van der Waals surface area contributed by atoms with E-state index >= 15 is 0 Å². The van der Waals surface area contributed by atoms with Crippen LogP contribution in [-0.2, 0) is 14.3 Å². The minimum absolute atomic E-state index is 0.465. The van der Waals surface area contributed by atoms with Gasteiger partial charge in [-0.05, 0) is 26.2 Å². The largest absolute Gasteiger partial charge is 0.480 e. The number of aliphatic hydroxyl groups excluding tert-OH is 1. The number of ether oxygens (including phenoxy) is 1. The minimum Gasteiger partial charge on any atom is -0.480 e. The first-order valence-electron chi connectivity index (χ1n) is 5.35. The van der Waals surface area contributed by atoms with E-state index in [2.05, 4.69) is 5.32 Å². The third kappa shape index (κ3) is 3.46. The molecule has 0 bridgehead atoms. The van der Waals surface area contributed by atoms with Crippen molar-refractivity contribution in [2.75, 3.05) is 6.61 Å². The van der Waals surface area contributed by atoms with Crippen LogP contribution in [0.5, 0.6) is 0 Å². The Kier molecular flexibility index (Phi) is 4.70. The van der Waals surface area contributed by atoms with E-state index in [4.69, 9.17) is 9.84 Å². The van der Waals surface area contributed by atoms with Gasteiger partial charge in [-0.25, -0.2) is 4.79 Å². The van der Waals surface area contributed by atoms with Crippen LogP contribution in [0.2, 0.25) is 0 Å². The van der Waals surface area contributed by atoms with Crippen LogP contribution in [0.3, 0.4) is 0 Å². The smallest absolute Gasteiger partial charge is 0.328 e. The zero-order valence-corrected chi connectivity index (χ0v) is 9.18. The quantitative estimate of drug-likeness (QED) is 0.606. The van der Waals surface area contributed by atoms with Crippen molar-refractivity contribution in [2.24, 2.45) is 0 Å². The van der Waals surface area contributed by atoms with E-state index in [0.717, 1.165) is 12.8 Å². The number of aliphatic hydroxyl groups is 1. The number of rotatable bonds is 4. The first-order chi connectivity index (χ1) is 7.52. The third-order valence-corrected chi connectivity index (χ3v) is 2.52. The number of hydrogen-bond acceptors (Lipinski definition) is 4. The normalized spacial score (nSPS) is 24.5. The Hall–Kier alpha value is -1.14. The second-order valence-electron chi connectivity index (χ2n) is 3.92. The fourth-order valence-corrected chi connectivity index (χ4v) is 1.58. The Labute approximate surface area is 93.6 Å². The summed E-state index contributed by atoms with van der Waals surface area (Å²) in [5.74, 6) is -1.72. The average Bonchev–Trinajstić information content (AvgIpc) is 2.25. The maximum Gasteiger partial charge on any atom is 0.328 e. The van der Waals surface area contributed by atoms with Gasteiger partial charge in [-0.15, -0.1) is 0 Å². The predicted molar refractivity (Wildman–Crippen MR) is 54.8 cm³/mol. The summed E-state index contributed by atoms with van der Waals surface area (Å²) >= 11 is 0. The van der Waals surface area contributed by atoms with Crippen LogP contribution in [0.15, 0.2) is 0 Å². The Morgan fingerprint density at radius 1 is 1.44 bits per heavy atom. The minimum atomic E-state index is -1.28. The van der Waals surface area contributed by atoms with Crippen molar-refractivity contribution in [2.45, 2.75) is 44.4 Å². The van der Waals surface area contributed by atoms with E-state index in [-0.39, 0.29) is 0 Å². The summed E-state index contributed by atoms with van der Waals surface area (Å²) in [4.78, 5) is 22.4. The first kappa shape index (κ1) is 12.9. The molecule has 16 heavy (non-hydrogen) atoms. The molecule has 0 aromatic heterocycles. The van der Waals surface area contributed by atoms with Gasteiger partial charge in [-0.2, -0.15) is 0 Å². The summed E-state index contributed by atoms with van der Waals surface area (Å²) in [5.41, 5.74) is 0. The number of carboxylic acids is 1. The van der Waals surface area contributed by atoms with Crippen LogP contribution in [0.1, 0.15) is 26.2 Å². The van der Waals surface area contributed by atoms with Gasteiger partial charge in [-0.3, -0.25) is 4.79 Å². The molecule has 1 aliphatic heterocycles. The molecular weight excluding hydrogens is 214 g/mol. The number of carbonyl (C=O) groups excluding carboxylic acids is 1. The van der Waals surface area contributed by atoms with Gasteiger partial charge >= 0.3 is 5.97 Å². The molecule has 1 saturated heterocycles. The molecule has 92 valence electrons. The van der Waals surface area contributed by atoms with Gasteiger partial charge in [0.05, 0.1) is 6.10 Å². The Morgan fingerprint density at radius 2 is 2.12 bits per heavy atom. The second kappa shape index (κ2) is 5.81. The first-order valence-corrected chi connectivity index (χ1v) is 5.35. The molecule has 0 radical (unpaired) electrons. The van der Waals surface area contributed by atoms with Gasteiger partial charge in [0.25, 0.3) is 0 Å². The van der Waals surface area contributed by atoms with Crippen molar-refractivity contribution in [1.29, 1.82) is 0 Å². The van der Waals surface area contributed by atoms with Crippen molar-refractivity contribution < 1.29 is 24.5 Å². The van der Waals surface area contributed by atoms with Gasteiger partial charge in [0.2, 0.25) is 5.91 Å². The molecule has 1 aliphatic rings. The zero-order chi connectivity index (χ0) is 12.1. The highest BCUT2D eigenvalue weighted by Crippen LogP contribution is 2.13. The number of carboxylic acid groups (broad SMARTS) is 1. The van der Waals surface area contributed by atoms with E-state index < -0.39 is 30.1 Å². The summed E-state index contributed by atoms with van der Waals surface area (Å²) < 4.78 is 5.21. The third-order valence-electron chi connectivity index (χ3n) is 2.52. The molecule has 3 atom stereocenters. The Balaban J connectivity index is 2.50. The molecule has 1 heterocycles. The van der Waals surface area contributed by atoms with Crippen LogP contribution in [0.25, 0.3) is 0 Å². The van der Waals surface area contributed by atoms with E-state index in [0.29, 0.717) is 13.0 Å². The molecule has 1 unspecified atom stereocenters. The molecule has 0 aromatic rings. The number of hydrogen-bond donors (Lipinski definition) is 3. The fraction of sp³-hybridized carbons (Fsp3) is 0.800. The molecule has 3 N–H and O–H groups in total. The lowest BCUT2D eigenvalue weighted by atomic mass is 10.1. The van der Waals surface area contributed by atoms with Crippen molar-refractivity contribution >= 4 is 11.9 Å². The fourth-order valence-electron chi connectivity index (χ4n) is 1.58. The van der Waals surface area contributed by atoms with Crippen LogP contribution < -0.4 is 5.32 Å². The lowest BCUT2D eigenvalue weighted by molar-refractivity contribution is -0.148. The van der Waals surface area contributed by atoms with E-state index in [1.165, 1.54) is 6.92 Å². The van der Waals surface area contributed by atoms with Gasteiger partial charge < -0.3 is 20.3 Å². The van der Waals surface area contributed by atoms with Gasteiger partial charge in [-0.1, -0.05) is 0 Å². The molecule has 6 nitrogen and oxygen atoms in total. The monoisotopic (exact) mass is 231 g/mol. The molecular formula is C10H17NO5. The van der Waals surface area contributed by atoms with Gasteiger partial charge in [0.15, 0.2) is 6.04 Å². The highest BCUT2D eigenvalue weighted by Gasteiger charge is 2.29. The number of aliphatic carboxylic acids is 1. The van der Waals surface area contributed by atoms with Crippen LogP contribution in [-0.4, -0.2) is 46.9 Å². The van der Waals surface area contributed by atoms with Gasteiger partial charge in [0.1, 0.15) is 6.10 Å². The lowest BCUT2D eigenvalue weighted by Crippen LogP contribution is -2.51. The molecule has 1 rings (SSSR count). The second-order valence-corrected chi connectivity index (χ2v) is 3.92. The van der Waals surface area contributed by atoms with Crippen molar-refractivity contribution in [3.8, 4) is 0 Å². The lowest BCUT2D eigenvalue weighted by Gasteiger charge is -2.24. The molecule has 1 fully saturated rings. The summed E-state index contributed by atoms with van der Waals surface area (Å²) in [7, 11) is 0. The maximum atomic E-state index is 11.6. The summed E-state index contributed by atoms with van der Waals surface area (Å²) in [6.07, 6.45) is 0.685. The Bertz CT molecular complexity index is 260. The highest BCUT2D eigenvalue weighted by atomic mass is 16.5. The van der Waals surface area contributed by atoms with Crippen molar-refractivity contribution in [3.63, 3.8) is 0 Å². The van der Waals surface area contributed by atoms with Crippen molar-refractivity contribution in [1.82, 2.24) is 5.32 Å². The molecule has 0 spiro atoms. The van der Waals surface area contributed by atoms with Crippen LogP contribution >= 0.6 is 0 Å². The molecule has 0 aliphatic carbocycles. The van der Waals surface area contributed by atoms with Gasteiger partial charge in [0, 0.05) is 6.61 Å². The average molecular weight is 231 g/mol. The maximum absolute atomic E-state index is 11.6. The highest BCUT2D eigenvalue weighted by molar-refractivity contribution is 5.86. The molecule has 0 saturated carbocycles. The molecule has 6 heteroatoms. The Morgan fingerprint density at radius 3 is 2.56 bits per heavy atom. The zero-order valence-electron chi connectivity index (χ0n) is 9.18. The van der Waals surface area contributed by atoms with Crippen molar-refractivity contribution in [3.05, 3.63) is 0 Å². The standard InChI is InChI=1S/C10H17NO5/c1-6(12)8(10(14)15)11-9(13)7-4-2-3-5-16-7/h6-8,12H,2-5H2,1H3,(H,11,13)(H,14,15)/t6-,7?,8+/m1/s1. The summed E-state index contributed by atoms with van der Waals surface area (Å²) in [6, 6.07) is -1.28. The number of amides is 1. The van der Waals surface area contributed by atoms with E-state index in [1.807, 2.05) is 0 Å². The summed E-state index contributed by atoms with van der Waals surface area (Å²) in [6.45, 7) is 1.84. The summed E-state index contributed by atoms with van der Waals surface area (Å²) in [5, 5.41) is 20.2. The van der Waals surface area contributed by atoms with Crippen LogP contribution in [0, 0.1) is 0 Å². The number of nitrogens with one attached hydrogen (secondary N) is 1.